The number of hydrogen-bond donors (Lipinski definition) is 4. The summed E-state index contributed by atoms with van der Waals surface area (Å²) < 4.78 is 90.4. The van der Waals surface area contributed by atoms with E-state index in [0.29, 0.717) is 39.2 Å². The molecular formula is C37H50F4N4O10S. The van der Waals surface area contributed by atoms with Crippen LogP contribution in [0.25, 0.3) is 0 Å². The molecule has 2 heterocycles. The smallest absolute Gasteiger partial charge is 0.427 e. The second-order valence-electron chi connectivity index (χ2n) is 16.4. The lowest BCUT2D eigenvalue weighted by Crippen LogP contribution is -2.57. The first-order valence-corrected chi connectivity index (χ1v) is 20.2. The molecular weight excluding hydrogens is 768 g/mol. The number of alkyl halides is 4. The summed E-state index contributed by atoms with van der Waals surface area (Å²) in [6.07, 6.45) is 1.36. The average molecular weight is 819 g/mol. The standard InChI is InChI=1S/C37H50F4N4O10S/c1-20-8-6-7-9-23-17-36(23,32(50)44-56(52,53)35(19-38)11-12-35)43-30(47)25-15-22(18-45(25)13-10-21(2)14-20)24-16-26(46)28(27(31(48)49)29(24)54-5)42-33(51)55-34(3,4)37(39,40)41/h7,9,16,20-23,25,28H,6,8,10-15,17-19H2,1-5H3,(H,42,51)(H,43,47)(H,44,50)(H,48,49)/b9-7-/t20-,21+,22+,23-,25+,28-,36-/m1/s1. The Balaban J connectivity index is 1.44. The van der Waals surface area contributed by atoms with Crippen LogP contribution in [0.5, 0.6) is 0 Å². The van der Waals surface area contributed by atoms with Gasteiger partial charge in [-0.2, -0.15) is 13.2 Å². The molecule has 1 saturated heterocycles. The predicted octanol–water partition coefficient (Wildman–Crippen LogP) is 3.83. The summed E-state index contributed by atoms with van der Waals surface area (Å²) in [5.41, 5.74) is -5.28. The minimum absolute atomic E-state index is 0.00311. The van der Waals surface area contributed by atoms with Gasteiger partial charge in [0.15, 0.2) is 5.78 Å². The summed E-state index contributed by atoms with van der Waals surface area (Å²) in [6, 6.07) is -2.91. The Bertz CT molecular complexity index is 1830. The van der Waals surface area contributed by atoms with Gasteiger partial charge in [0.2, 0.25) is 21.5 Å². The van der Waals surface area contributed by atoms with Crippen molar-refractivity contribution in [1.82, 2.24) is 20.3 Å². The van der Waals surface area contributed by atoms with Crippen LogP contribution in [0, 0.1) is 23.7 Å². The number of ketones is 1. The number of alkyl carbamates (subject to hydrolysis) is 1. The topological polar surface area (TPSA) is 198 Å². The van der Waals surface area contributed by atoms with Gasteiger partial charge in [-0.05, 0) is 89.7 Å². The lowest BCUT2D eigenvalue weighted by molar-refractivity contribution is -0.244. The van der Waals surface area contributed by atoms with Crippen LogP contribution in [0.2, 0.25) is 0 Å². The number of methoxy groups -OCH3 is 1. The van der Waals surface area contributed by atoms with Crippen molar-refractivity contribution in [3.05, 3.63) is 35.1 Å². The number of rotatable bonds is 9. The molecule has 3 fully saturated rings. The van der Waals surface area contributed by atoms with E-state index in [0.717, 1.165) is 26.0 Å². The fourth-order valence-corrected chi connectivity index (χ4v) is 9.31. The minimum Gasteiger partial charge on any atom is -0.496 e. The molecule has 56 heavy (non-hydrogen) atoms. The molecule has 312 valence electrons. The highest BCUT2D eigenvalue weighted by atomic mass is 32.2. The van der Waals surface area contributed by atoms with Crippen LogP contribution in [0.15, 0.2) is 35.1 Å². The van der Waals surface area contributed by atoms with Crippen molar-refractivity contribution < 1.29 is 64.5 Å². The number of nitrogens with zero attached hydrogens (tertiary/aromatic N) is 1. The maximum Gasteiger partial charge on any atom is 0.427 e. The van der Waals surface area contributed by atoms with Gasteiger partial charge < -0.3 is 25.2 Å². The van der Waals surface area contributed by atoms with Crippen molar-refractivity contribution in [3.63, 3.8) is 0 Å². The lowest BCUT2D eigenvalue weighted by Gasteiger charge is -2.30. The summed E-state index contributed by atoms with van der Waals surface area (Å²) in [5.74, 6) is -5.29. The van der Waals surface area contributed by atoms with E-state index < -0.39 is 97.9 Å². The molecule has 0 aromatic heterocycles. The molecule has 2 saturated carbocycles. The third-order valence-electron chi connectivity index (χ3n) is 11.8. The average Bonchev–Trinajstić information content (AvgIpc) is 3.99. The van der Waals surface area contributed by atoms with Crippen molar-refractivity contribution >= 4 is 39.7 Å². The highest BCUT2D eigenvalue weighted by molar-refractivity contribution is 7.91. The van der Waals surface area contributed by atoms with E-state index >= 15 is 0 Å². The number of aliphatic carboxylic acids is 1. The zero-order chi connectivity index (χ0) is 41.6. The second-order valence-corrected chi connectivity index (χ2v) is 18.5. The van der Waals surface area contributed by atoms with Gasteiger partial charge in [-0.25, -0.2) is 22.4 Å². The number of ether oxygens (including phenoxy) is 2. The van der Waals surface area contributed by atoms with Crippen molar-refractivity contribution in [2.45, 2.75) is 113 Å². The number of nitrogens with one attached hydrogen (secondary N) is 3. The fraction of sp³-hybridized carbons (Fsp3) is 0.703. The first kappa shape index (κ1) is 43.1. The number of sulfonamides is 1. The van der Waals surface area contributed by atoms with Crippen molar-refractivity contribution in [1.29, 1.82) is 0 Å². The molecule has 5 rings (SSSR count). The monoisotopic (exact) mass is 818 g/mol. The molecule has 0 radical (unpaired) electrons. The Kier molecular flexibility index (Phi) is 12.1. The Labute approximate surface area is 322 Å². The van der Waals surface area contributed by atoms with E-state index in [9.17, 15) is 55.1 Å². The van der Waals surface area contributed by atoms with Crippen LogP contribution >= 0.6 is 0 Å². The number of carbonyl (C=O) groups is 5. The van der Waals surface area contributed by atoms with E-state index in [1.54, 1.807) is 6.08 Å². The maximum absolute atomic E-state index is 14.3. The molecule has 0 unspecified atom stereocenters. The molecule has 4 N–H and O–H groups in total. The molecule has 5 aliphatic rings. The third kappa shape index (κ3) is 8.62. The first-order valence-electron chi connectivity index (χ1n) is 18.7. The largest absolute Gasteiger partial charge is 0.496 e. The number of carbonyl (C=O) groups excluding carboxylic acids is 4. The number of hydrogen-bond acceptors (Lipinski definition) is 10. The quantitative estimate of drug-likeness (QED) is 0.195. The van der Waals surface area contributed by atoms with Crippen LogP contribution in [0.1, 0.15) is 79.1 Å². The molecule has 14 nitrogen and oxygen atoms in total. The van der Waals surface area contributed by atoms with Crippen LogP contribution < -0.4 is 15.4 Å². The maximum atomic E-state index is 14.3. The van der Waals surface area contributed by atoms with Gasteiger partial charge in [-0.1, -0.05) is 26.0 Å². The lowest BCUT2D eigenvalue weighted by atomic mass is 9.84. The predicted molar refractivity (Wildman–Crippen MR) is 192 cm³/mol. The summed E-state index contributed by atoms with van der Waals surface area (Å²) >= 11 is 0. The highest BCUT2D eigenvalue weighted by Crippen LogP contribution is 2.48. The van der Waals surface area contributed by atoms with E-state index in [4.69, 9.17) is 4.74 Å². The summed E-state index contributed by atoms with van der Waals surface area (Å²) in [6.45, 7) is 4.74. The van der Waals surface area contributed by atoms with Crippen molar-refractivity contribution in [2.24, 2.45) is 23.7 Å². The van der Waals surface area contributed by atoms with Crippen LogP contribution in [-0.2, 0) is 38.7 Å². The highest BCUT2D eigenvalue weighted by Gasteiger charge is 2.64. The molecule has 7 atom stereocenters. The van der Waals surface area contributed by atoms with Gasteiger partial charge in [0, 0.05) is 24.0 Å². The van der Waals surface area contributed by atoms with E-state index in [1.807, 2.05) is 21.0 Å². The SMILES string of the molecule is COC1=C(C(=O)O)[C@H](NC(=O)OC(C)(C)C(F)(F)F)C(=O)C=C1[C@H]1C[C@H]2C(=O)N[C@]3(C(=O)NS(=O)(=O)C4(CF)CC4)C[C@H]3/C=C\CC[C@@H](C)C[C@@H](C)CCN2C1. The molecule has 0 bridgehead atoms. The van der Waals surface area contributed by atoms with Gasteiger partial charge in [0.25, 0.3) is 5.91 Å². The van der Waals surface area contributed by atoms with Crippen molar-refractivity contribution in [2.75, 3.05) is 26.9 Å². The second kappa shape index (κ2) is 15.7. The minimum atomic E-state index is -4.98. The van der Waals surface area contributed by atoms with Crippen LogP contribution in [-0.4, -0.2) is 109 Å². The zero-order valence-corrected chi connectivity index (χ0v) is 32.8. The van der Waals surface area contributed by atoms with E-state index in [1.165, 1.54) is 0 Å². The summed E-state index contributed by atoms with van der Waals surface area (Å²) in [7, 11) is -3.28. The van der Waals surface area contributed by atoms with Gasteiger partial charge in [0.05, 0.1) is 13.2 Å². The summed E-state index contributed by atoms with van der Waals surface area (Å²) in [5, 5.41) is 15.0. The Morgan fingerprint density at radius 2 is 1.75 bits per heavy atom. The summed E-state index contributed by atoms with van der Waals surface area (Å²) in [4.78, 5) is 68.5. The zero-order valence-electron chi connectivity index (χ0n) is 32.0. The van der Waals surface area contributed by atoms with Gasteiger partial charge in [-0.3, -0.25) is 24.0 Å². The Hall–Kier alpha value is -4.00. The molecule has 0 aromatic rings. The number of carboxylic acids is 1. The van der Waals surface area contributed by atoms with E-state index in [2.05, 4.69) is 23.9 Å². The molecule has 3 aliphatic carbocycles. The number of amides is 3. The first-order chi connectivity index (χ1) is 26.0. The molecule has 0 spiro atoms. The van der Waals surface area contributed by atoms with Crippen LogP contribution in [0.3, 0.4) is 0 Å². The van der Waals surface area contributed by atoms with Crippen molar-refractivity contribution in [3.8, 4) is 0 Å². The van der Waals surface area contributed by atoms with Gasteiger partial charge in [-0.15, -0.1) is 0 Å². The number of halogens is 4. The molecule has 0 aromatic carbocycles. The molecule has 2 aliphatic heterocycles. The Morgan fingerprint density at radius 1 is 1.09 bits per heavy atom. The third-order valence-corrected chi connectivity index (χ3v) is 13.9. The Morgan fingerprint density at radius 3 is 2.34 bits per heavy atom. The fourth-order valence-electron chi connectivity index (χ4n) is 7.88. The molecule has 19 heteroatoms. The van der Waals surface area contributed by atoms with Gasteiger partial charge >= 0.3 is 18.2 Å². The number of allylic oxidation sites excluding steroid dienone is 2. The number of fused-ring (bicyclic) bond motifs is 2. The van der Waals surface area contributed by atoms with E-state index in [-0.39, 0.29) is 49.5 Å². The van der Waals surface area contributed by atoms with Crippen LogP contribution in [0.4, 0.5) is 22.4 Å². The normalized spacial score (nSPS) is 32.0. The van der Waals surface area contributed by atoms with Gasteiger partial charge in [0.1, 0.15) is 34.3 Å². The number of carboxylic acid groups (broad SMARTS) is 1. The molecule has 3 amide bonds.